The van der Waals surface area contributed by atoms with Crippen LogP contribution in [0.15, 0.2) is 40.0 Å². The standard InChI is InChI=1S/C22H30N4O4S/c1-4-20(26-17(3)15-16(2)23-22(26)28)21(27)24-18-9-11-19(12-10-18)31(29,30)25-13-7-5-6-8-14-25/h9-12,15,20H,4-8,13-14H2,1-3H3,(H,24,27). The minimum Gasteiger partial charge on any atom is -0.324 e. The number of benzene rings is 1. The van der Waals surface area contributed by atoms with Gasteiger partial charge in [0.05, 0.1) is 4.90 Å². The summed E-state index contributed by atoms with van der Waals surface area (Å²) < 4.78 is 28.7. The number of rotatable bonds is 6. The maximum Gasteiger partial charge on any atom is 0.348 e. The van der Waals surface area contributed by atoms with E-state index in [0.29, 0.717) is 36.6 Å². The Kier molecular flexibility index (Phi) is 7.27. The van der Waals surface area contributed by atoms with Crippen LogP contribution in [-0.4, -0.2) is 41.3 Å². The fraction of sp³-hybridized carbons (Fsp3) is 0.500. The number of amides is 1. The van der Waals surface area contributed by atoms with Crippen LogP contribution < -0.4 is 11.0 Å². The highest BCUT2D eigenvalue weighted by Crippen LogP contribution is 2.22. The van der Waals surface area contributed by atoms with Crippen LogP contribution in [0.2, 0.25) is 0 Å². The molecule has 31 heavy (non-hydrogen) atoms. The molecule has 0 spiro atoms. The maximum absolute atomic E-state index is 12.9. The van der Waals surface area contributed by atoms with Gasteiger partial charge in [-0.1, -0.05) is 19.8 Å². The van der Waals surface area contributed by atoms with Crippen LogP contribution in [0.5, 0.6) is 0 Å². The average molecular weight is 447 g/mol. The minimum atomic E-state index is -3.54. The van der Waals surface area contributed by atoms with Crippen molar-refractivity contribution in [3.05, 3.63) is 52.2 Å². The number of aromatic nitrogens is 2. The number of nitrogens with one attached hydrogen (secondary N) is 1. The Morgan fingerprint density at radius 2 is 1.71 bits per heavy atom. The van der Waals surface area contributed by atoms with Crippen molar-refractivity contribution in [1.82, 2.24) is 13.9 Å². The third kappa shape index (κ3) is 5.22. The number of aryl methyl sites for hydroxylation is 2. The van der Waals surface area contributed by atoms with E-state index in [4.69, 9.17) is 0 Å². The molecule has 2 aromatic rings. The zero-order chi connectivity index (χ0) is 22.6. The summed E-state index contributed by atoms with van der Waals surface area (Å²) in [5.74, 6) is -0.346. The Balaban J connectivity index is 1.77. The molecule has 1 aliphatic heterocycles. The summed E-state index contributed by atoms with van der Waals surface area (Å²) >= 11 is 0. The second-order valence-corrected chi connectivity index (χ2v) is 9.89. The fourth-order valence-corrected chi connectivity index (χ4v) is 5.51. The van der Waals surface area contributed by atoms with Gasteiger partial charge < -0.3 is 5.32 Å². The summed E-state index contributed by atoms with van der Waals surface area (Å²) in [5.41, 5.74) is 1.29. The van der Waals surface area contributed by atoms with E-state index in [9.17, 15) is 18.0 Å². The molecule has 1 amide bonds. The fourth-order valence-electron chi connectivity index (χ4n) is 3.99. The maximum atomic E-state index is 12.9. The highest BCUT2D eigenvalue weighted by atomic mass is 32.2. The summed E-state index contributed by atoms with van der Waals surface area (Å²) in [7, 11) is -3.54. The number of hydrogen-bond donors (Lipinski definition) is 1. The van der Waals surface area contributed by atoms with Crippen molar-refractivity contribution < 1.29 is 13.2 Å². The molecule has 1 fully saturated rings. The van der Waals surface area contributed by atoms with E-state index in [0.717, 1.165) is 25.7 Å². The van der Waals surface area contributed by atoms with Gasteiger partial charge in [0.15, 0.2) is 0 Å². The number of carbonyl (C=O) groups excluding carboxylic acids is 1. The first-order valence-electron chi connectivity index (χ1n) is 10.7. The molecule has 1 aromatic carbocycles. The molecule has 1 unspecified atom stereocenters. The van der Waals surface area contributed by atoms with Gasteiger partial charge in [0, 0.05) is 30.2 Å². The van der Waals surface area contributed by atoms with Crippen molar-refractivity contribution in [2.24, 2.45) is 0 Å². The van der Waals surface area contributed by atoms with E-state index in [-0.39, 0.29) is 10.8 Å². The van der Waals surface area contributed by atoms with E-state index >= 15 is 0 Å². The van der Waals surface area contributed by atoms with Crippen LogP contribution in [-0.2, 0) is 14.8 Å². The third-order valence-electron chi connectivity index (χ3n) is 5.60. The van der Waals surface area contributed by atoms with Gasteiger partial charge in [0.2, 0.25) is 15.9 Å². The van der Waals surface area contributed by atoms with Crippen molar-refractivity contribution in [2.45, 2.75) is 63.8 Å². The molecule has 2 heterocycles. The van der Waals surface area contributed by atoms with Crippen molar-refractivity contribution >= 4 is 21.6 Å². The summed E-state index contributed by atoms with van der Waals surface area (Å²) in [4.78, 5) is 29.4. The molecule has 1 aromatic heterocycles. The molecule has 1 saturated heterocycles. The second kappa shape index (κ2) is 9.74. The summed E-state index contributed by atoms with van der Waals surface area (Å²) in [6.45, 7) is 6.41. The zero-order valence-corrected chi connectivity index (χ0v) is 19.1. The lowest BCUT2D eigenvalue weighted by Gasteiger charge is -2.21. The van der Waals surface area contributed by atoms with E-state index in [1.165, 1.54) is 16.7 Å². The Labute approximate surface area is 183 Å². The Morgan fingerprint density at radius 3 is 2.26 bits per heavy atom. The molecule has 0 saturated carbocycles. The van der Waals surface area contributed by atoms with E-state index in [1.54, 1.807) is 36.4 Å². The molecule has 168 valence electrons. The van der Waals surface area contributed by atoms with Crippen LogP contribution in [0.1, 0.15) is 56.5 Å². The van der Waals surface area contributed by atoms with Crippen LogP contribution >= 0.6 is 0 Å². The molecule has 9 heteroatoms. The van der Waals surface area contributed by atoms with Crippen molar-refractivity contribution in [1.29, 1.82) is 0 Å². The number of carbonyl (C=O) groups is 1. The van der Waals surface area contributed by atoms with Gasteiger partial charge >= 0.3 is 5.69 Å². The van der Waals surface area contributed by atoms with Crippen LogP contribution in [0.4, 0.5) is 5.69 Å². The third-order valence-corrected chi connectivity index (χ3v) is 7.51. The van der Waals surface area contributed by atoms with Crippen molar-refractivity contribution in [3.63, 3.8) is 0 Å². The summed E-state index contributed by atoms with van der Waals surface area (Å²) in [6.07, 6.45) is 4.26. The van der Waals surface area contributed by atoms with Crippen LogP contribution in [0, 0.1) is 13.8 Å². The van der Waals surface area contributed by atoms with Crippen LogP contribution in [0.3, 0.4) is 0 Å². The molecule has 8 nitrogen and oxygen atoms in total. The average Bonchev–Trinajstić information content (AvgIpc) is 3.01. The molecule has 3 rings (SSSR count). The molecule has 0 bridgehead atoms. The normalized spacial score (nSPS) is 16.5. The second-order valence-electron chi connectivity index (χ2n) is 7.95. The number of hydrogen-bond acceptors (Lipinski definition) is 5. The molecular formula is C22H30N4O4S. The van der Waals surface area contributed by atoms with E-state index in [2.05, 4.69) is 10.3 Å². The number of sulfonamides is 1. The quantitative estimate of drug-likeness (QED) is 0.735. The van der Waals surface area contributed by atoms with Gasteiger partial charge in [-0.3, -0.25) is 9.36 Å². The summed E-state index contributed by atoms with van der Waals surface area (Å²) in [6, 6.07) is 7.25. The largest absolute Gasteiger partial charge is 0.348 e. The first-order chi connectivity index (χ1) is 14.7. The van der Waals surface area contributed by atoms with Gasteiger partial charge in [0.25, 0.3) is 0 Å². The molecule has 1 atom stereocenters. The lowest BCUT2D eigenvalue weighted by atomic mass is 10.1. The molecule has 1 aliphatic rings. The monoisotopic (exact) mass is 446 g/mol. The van der Waals surface area contributed by atoms with E-state index in [1.807, 2.05) is 6.92 Å². The highest BCUT2D eigenvalue weighted by Gasteiger charge is 2.26. The van der Waals surface area contributed by atoms with Crippen molar-refractivity contribution in [2.75, 3.05) is 18.4 Å². The lowest BCUT2D eigenvalue weighted by molar-refractivity contribution is -0.119. The minimum absolute atomic E-state index is 0.217. The first kappa shape index (κ1) is 23.1. The Morgan fingerprint density at radius 1 is 1.10 bits per heavy atom. The molecular weight excluding hydrogens is 416 g/mol. The van der Waals surface area contributed by atoms with Gasteiger partial charge in [-0.25, -0.2) is 13.2 Å². The molecule has 0 aliphatic carbocycles. The van der Waals surface area contributed by atoms with Crippen molar-refractivity contribution in [3.8, 4) is 0 Å². The van der Waals surface area contributed by atoms with Gasteiger partial charge in [-0.2, -0.15) is 9.29 Å². The van der Waals surface area contributed by atoms with Gasteiger partial charge in [0.1, 0.15) is 6.04 Å². The molecule has 1 N–H and O–H groups in total. The number of anilines is 1. The van der Waals surface area contributed by atoms with Gasteiger partial charge in [-0.15, -0.1) is 0 Å². The highest BCUT2D eigenvalue weighted by molar-refractivity contribution is 7.89. The van der Waals surface area contributed by atoms with Crippen LogP contribution in [0.25, 0.3) is 0 Å². The predicted octanol–water partition coefficient (Wildman–Crippen LogP) is 3.01. The SMILES string of the molecule is CCC(C(=O)Nc1ccc(S(=O)(=O)N2CCCCCC2)cc1)n1c(C)cc(C)nc1=O. The molecule has 0 radical (unpaired) electrons. The smallest absolute Gasteiger partial charge is 0.324 e. The summed E-state index contributed by atoms with van der Waals surface area (Å²) in [5, 5.41) is 2.79. The number of nitrogens with zero attached hydrogens (tertiary/aromatic N) is 3. The van der Waals surface area contributed by atoms with E-state index < -0.39 is 21.8 Å². The first-order valence-corrected chi connectivity index (χ1v) is 12.2. The Bertz CT molecular complexity index is 1090. The zero-order valence-electron chi connectivity index (χ0n) is 18.3. The predicted molar refractivity (Wildman–Crippen MR) is 120 cm³/mol. The Hall–Kier alpha value is -2.52. The van der Waals surface area contributed by atoms with Gasteiger partial charge in [-0.05, 0) is 63.4 Å². The lowest BCUT2D eigenvalue weighted by Crippen LogP contribution is -2.36. The topological polar surface area (TPSA) is 101 Å².